The van der Waals surface area contributed by atoms with Crippen LogP contribution in [0.3, 0.4) is 0 Å². The van der Waals surface area contributed by atoms with E-state index in [1.54, 1.807) is 0 Å². The van der Waals surface area contributed by atoms with Crippen LogP contribution in [0.2, 0.25) is 0 Å². The molecule has 0 aromatic rings. The molecule has 0 aliphatic rings. The fourth-order valence-corrected chi connectivity index (χ4v) is 1.78. The van der Waals surface area contributed by atoms with Gasteiger partial charge in [0.15, 0.2) is 9.84 Å². The van der Waals surface area contributed by atoms with Crippen molar-refractivity contribution in [2.45, 2.75) is 26.2 Å². The molecule has 0 heterocycles. The number of aldehydes is 1. The number of hydrogen-bond acceptors (Lipinski definition) is 3. The van der Waals surface area contributed by atoms with Crippen molar-refractivity contribution >= 4 is 16.1 Å². The summed E-state index contributed by atoms with van der Waals surface area (Å²) in [5.74, 6) is -0.170. The fourth-order valence-electron chi connectivity index (χ4n) is 0.759. The lowest BCUT2D eigenvalue weighted by molar-refractivity contribution is -0.105. The van der Waals surface area contributed by atoms with Crippen molar-refractivity contribution < 1.29 is 13.2 Å². The molecule has 0 unspecified atom stereocenters. The Morgan fingerprint density at radius 1 is 1.27 bits per heavy atom. The molecule has 0 saturated carbocycles. The van der Waals surface area contributed by atoms with Crippen LogP contribution in [-0.2, 0) is 14.6 Å². The van der Waals surface area contributed by atoms with E-state index >= 15 is 0 Å². The molecule has 66 valence electrons. The molecule has 0 rings (SSSR count). The van der Waals surface area contributed by atoms with Crippen LogP contribution in [0.25, 0.3) is 0 Å². The predicted octanol–water partition coefficient (Wildman–Crippen LogP) is 0.790. The molecule has 4 heteroatoms. The Labute approximate surface area is 67.7 Å². The lowest BCUT2D eigenvalue weighted by Gasteiger charge is -1.97. The van der Waals surface area contributed by atoms with Crippen LogP contribution in [0.1, 0.15) is 26.2 Å². The summed E-state index contributed by atoms with van der Waals surface area (Å²) in [4.78, 5) is 9.87. The minimum absolute atomic E-state index is 0.152. The van der Waals surface area contributed by atoms with Crippen molar-refractivity contribution in [2.75, 3.05) is 11.5 Å². The summed E-state index contributed by atoms with van der Waals surface area (Å²) in [6.45, 7) is 2.01. The molecule has 0 radical (unpaired) electrons. The van der Waals surface area contributed by atoms with Gasteiger partial charge in [0.2, 0.25) is 0 Å². The molecule has 0 spiro atoms. The average molecular weight is 178 g/mol. The van der Waals surface area contributed by atoms with Crippen molar-refractivity contribution in [3.63, 3.8) is 0 Å². The standard InChI is InChI=1S/C7H14O3S/c1-2-3-4-6-11(9,10)7-5-8/h5H,2-4,6-7H2,1H3. The highest BCUT2D eigenvalue weighted by atomic mass is 32.2. The van der Waals surface area contributed by atoms with Gasteiger partial charge in [0.25, 0.3) is 0 Å². The van der Waals surface area contributed by atoms with Crippen LogP contribution in [0, 0.1) is 0 Å². The van der Waals surface area contributed by atoms with Crippen LogP contribution in [-0.4, -0.2) is 26.2 Å². The largest absolute Gasteiger partial charge is 0.302 e. The number of rotatable bonds is 6. The summed E-state index contributed by atoms with van der Waals surface area (Å²) < 4.78 is 21.7. The summed E-state index contributed by atoms with van der Waals surface area (Å²) in [7, 11) is -3.07. The van der Waals surface area contributed by atoms with Crippen molar-refractivity contribution in [1.82, 2.24) is 0 Å². The van der Waals surface area contributed by atoms with Gasteiger partial charge in [-0.3, -0.25) is 0 Å². The first-order valence-corrected chi connectivity index (χ1v) is 5.58. The number of unbranched alkanes of at least 4 members (excludes halogenated alkanes) is 2. The maximum absolute atomic E-state index is 10.9. The molecule has 0 aliphatic carbocycles. The third kappa shape index (κ3) is 6.04. The van der Waals surface area contributed by atoms with Gasteiger partial charge in [0, 0.05) is 0 Å². The van der Waals surface area contributed by atoms with Gasteiger partial charge in [0.1, 0.15) is 12.0 Å². The molecule has 0 saturated heterocycles. The van der Waals surface area contributed by atoms with E-state index < -0.39 is 9.84 Å². The summed E-state index contributed by atoms with van der Waals surface area (Å²) in [6, 6.07) is 0. The molecule has 0 atom stereocenters. The van der Waals surface area contributed by atoms with Gasteiger partial charge < -0.3 is 4.79 Å². The molecule has 0 bridgehead atoms. The second kappa shape index (κ2) is 5.29. The Balaban J connectivity index is 3.65. The van der Waals surface area contributed by atoms with Crippen molar-refractivity contribution in [2.24, 2.45) is 0 Å². The highest BCUT2D eigenvalue weighted by molar-refractivity contribution is 7.91. The second-order valence-corrected chi connectivity index (χ2v) is 4.72. The first-order chi connectivity index (χ1) is 5.12. The van der Waals surface area contributed by atoms with Gasteiger partial charge in [-0.2, -0.15) is 0 Å². The fraction of sp³-hybridized carbons (Fsp3) is 0.857. The normalized spacial score (nSPS) is 11.4. The van der Waals surface area contributed by atoms with E-state index in [0.29, 0.717) is 12.7 Å². The Morgan fingerprint density at radius 2 is 1.91 bits per heavy atom. The van der Waals surface area contributed by atoms with E-state index in [2.05, 4.69) is 0 Å². The molecule has 3 nitrogen and oxygen atoms in total. The van der Waals surface area contributed by atoms with Crippen LogP contribution in [0.5, 0.6) is 0 Å². The number of carbonyl (C=O) groups is 1. The molecule has 11 heavy (non-hydrogen) atoms. The third-order valence-corrected chi connectivity index (χ3v) is 2.94. The smallest absolute Gasteiger partial charge is 0.157 e. The van der Waals surface area contributed by atoms with Crippen LogP contribution >= 0.6 is 0 Å². The molecule has 0 aliphatic heterocycles. The summed E-state index contributed by atoms with van der Waals surface area (Å²) in [5.41, 5.74) is 0. The van der Waals surface area contributed by atoms with Gasteiger partial charge >= 0.3 is 0 Å². The van der Waals surface area contributed by atoms with E-state index in [4.69, 9.17) is 0 Å². The molecular weight excluding hydrogens is 164 g/mol. The summed E-state index contributed by atoms with van der Waals surface area (Å²) >= 11 is 0. The van der Waals surface area contributed by atoms with E-state index in [-0.39, 0.29) is 11.5 Å². The molecule has 0 amide bonds. The first kappa shape index (κ1) is 10.6. The Hall–Kier alpha value is -0.380. The van der Waals surface area contributed by atoms with Crippen molar-refractivity contribution in [3.05, 3.63) is 0 Å². The monoisotopic (exact) mass is 178 g/mol. The molecule has 0 aromatic heterocycles. The van der Waals surface area contributed by atoms with Crippen LogP contribution < -0.4 is 0 Å². The van der Waals surface area contributed by atoms with Gasteiger partial charge in [-0.15, -0.1) is 0 Å². The zero-order valence-electron chi connectivity index (χ0n) is 6.75. The lowest BCUT2D eigenvalue weighted by Crippen LogP contribution is -2.11. The highest BCUT2D eigenvalue weighted by Gasteiger charge is 2.07. The maximum atomic E-state index is 10.9. The molecular formula is C7H14O3S. The molecule has 0 aromatic carbocycles. The quantitative estimate of drug-likeness (QED) is 0.446. The van der Waals surface area contributed by atoms with Crippen molar-refractivity contribution in [3.8, 4) is 0 Å². The second-order valence-electron chi connectivity index (χ2n) is 2.49. The topological polar surface area (TPSA) is 51.2 Å². The van der Waals surface area contributed by atoms with Gasteiger partial charge in [-0.1, -0.05) is 19.8 Å². The van der Waals surface area contributed by atoms with Gasteiger partial charge in [-0.25, -0.2) is 8.42 Å². The van der Waals surface area contributed by atoms with E-state index in [1.807, 2.05) is 6.92 Å². The number of sulfone groups is 1. The SMILES string of the molecule is CCCCCS(=O)(=O)CC=O. The van der Waals surface area contributed by atoms with Crippen molar-refractivity contribution in [1.29, 1.82) is 0 Å². The van der Waals surface area contributed by atoms with Crippen LogP contribution in [0.4, 0.5) is 0 Å². The third-order valence-electron chi connectivity index (χ3n) is 1.38. The van der Waals surface area contributed by atoms with Crippen LogP contribution in [0.15, 0.2) is 0 Å². The average Bonchev–Trinajstić information content (AvgIpc) is 1.87. The van der Waals surface area contributed by atoms with E-state index in [0.717, 1.165) is 12.8 Å². The predicted molar refractivity (Wildman–Crippen MR) is 44.2 cm³/mol. The molecule has 0 fully saturated rings. The van der Waals surface area contributed by atoms with E-state index in [1.165, 1.54) is 0 Å². The van der Waals surface area contributed by atoms with Gasteiger partial charge in [0.05, 0.1) is 5.75 Å². The Morgan fingerprint density at radius 3 is 2.36 bits per heavy atom. The first-order valence-electron chi connectivity index (χ1n) is 3.76. The molecule has 0 N–H and O–H groups in total. The summed E-state index contributed by atoms with van der Waals surface area (Å²) in [5, 5.41) is 0. The minimum atomic E-state index is -3.07. The van der Waals surface area contributed by atoms with Gasteiger partial charge in [-0.05, 0) is 6.42 Å². The Bertz CT molecular complexity index is 194. The summed E-state index contributed by atoms with van der Waals surface area (Å²) in [6.07, 6.45) is 3.03. The zero-order chi connectivity index (χ0) is 8.74. The lowest BCUT2D eigenvalue weighted by atomic mass is 10.3. The minimum Gasteiger partial charge on any atom is -0.302 e. The van der Waals surface area contributed by atoms with E-state index in [9.17, 15) is 13.2 Å². The number of hydrogen-bond donors (Lipinski definition) is 0. The number of carbonyl (C=O) groups excluding carboxylic acids is 1. The highest BCUT2D eigenvalue weighted by Crippen LogP contribution is 1.98. The maximum Gasteiger partial charge on any atom is 0.157 e. The zero-order valence-corrected chi connectivity index (χ0v) is 7.56. The Kier molecular flexibility index (Phi) is 5.11.